The van der Waals surface area contributed by atoms with E-state index >= 15 is 0 Å². The number of hydrogen-bond donors (Lipinski definition) is 0. The second-order valence-electron chi connectivity index (χ2n) is 1.00. The van der Waals surface area contributed by atoms with Gasteiger partial charge in [-0.2, -0.15) is 0 Å². The third kappa shape index (κ3) is 5440. The van der Waals surface area contributed by atoms with Crippen LogP contribution in [0, 0.1) is 0 Å². The minimum atomic E-state index is -3.63. The Morgan fingerprint density at radius 2 is 0.346 bits per heavy atom. The molecule has 0 rings (SSSR count). The molecule has 0 aliphatic carbocycles. The Bertz CT molecular complexity index is 181. The molecule has 0 spiro atoms. The fraction of sp³-hybridized carbons (Fsp3) is 0. The third-order valence-electron chi connectivity index (χ3n) is 0. The van der Waals surface area contributed by atoms with Crippen molar-refractivity contribution in [2.24, 2.45) is 0 Å². The maximum Gasteiger partial charge on any atom is 3.00 e. The Kier molecular flexibility index (Phi) is 380. The molecule has 0 bridgehead atoms. The zero-order valence-corrected chi connectivity index (χ0v) is 20.9. The molecule has 0 amide bonds. The summed E-state index contributed by atoms with van der Waals surface area (Å²) in [5.41, 5.74) is 0. The van der Waals surface area contributed by atoms with E-state index in [2.05, 4.69) is 0 Å². The zero-order chi connectivity index (χ0) is 14.3. The number of hydrogen-bond acceptors (Lipinski definition) is 16. The minimum Gasteiger partial charge on any atom is -0.870 e. The van der Waals surface area contributed by atoms with Crippen molar-refractivity contribution < 1.29 is 135 Å². The summed E-state index contributed by atoms with van der Waals surface area (Å²) in [4.78, 5) is 68.1. The molecule has 0 heterocycles. The average molecular weight is 474 g/mol. The quantitative estimate of drug-likeness (QED) is 0.294. The maximum absolute atomic E-state index is 8.52. The van der Waals surface area contributed by atoms with Gasteiger partial charge in [-0.3, -0.25) is 0 Å². The van der Waals surface area contributed by atoms with Crippen LogP contribution >= 0.6 is 0 Å². The predicted molar refractivity (Wildman–Crippen MR) is 50.8 cm³/mol. The average Bonchev–Trinajstić information content (AvgIpc) is 1.76. The molecule has 0 aromatic rings. The molecular formula is H4Al3Li3O16Si4. The van der Waals surface area contributed by atoms with Gasteiger partial charge in [0.05, 0.1) is 0 Å². The van der Waals surface area contributed by atoms with Crippen LogP contribution in [0.15, 0.2) is 0 Å². The van der Waals surface area contributed by atoms with E-state index in [1.165, 1.54) is 0 Å². The maximum atomic E-state index is 8.52. The fourth-order valence-corrected chi connectivity index (χ4v) is 0. The third-order valence-corrected chi connectivity index (χ3v) is 0. The van der Waals surface area contributed by atoms with E-state index in [0.29, 0.717) is 0 Å². The molecule has 128 valence electrons. The molecular weight excluding hydrogens is 470 g/mol. The van der Waals surface area contributed by atoms with Crippen molar-refractivity contribution in [1.29, 1.82) is 0 Å². The molecule has 0 radical (unpaired) electrons. The Hall–Kier alpha value is 1.70. The van der Waals surface area contributed by atoms with Crippen LogP contribution in [0.5, 0.6) is 0 Å². The molecule has 0 atom stereocenters. The van der Waals surface area contributed by atoms with Crippen LogP contribution in [0.4, 0.5) is 0 Å². The molecule has 0 aromatic carbocycles. The van der Waals surface area contributed by atoms with Crippen molar-refractivity contribution in [3.05, 3.63) is 0 Å². The van der Waals surface area contributed by atoms with E-state index in [-0.39, 0.29) is 131 Å². The molecule has 0 aliphatic heterocycles. The van der Waals surface area contributed by atoms with Gasteiger partial charge in [0.1, 0.15) is 0 Å². The van der Waals surface area contributed by atoms with Gasteiger partial charge in [0, 0.05) is 36.7 Å². The normalized spacial score (nSPS) is 3.69. The molecule has 0 aromatic heterocycles. The van der Waals surface area contributed by atoms with E-state index in [9.17, 15) is 0 Å². The predicted octanol–water partition coefficient (Wildman–Crippen LogP) is -22.3. The molecule has 4 N–H and O–H groups in total. The van der Waals surface area contributed by atoms with Crippen molar-refractivity contribution in [1.82, 2.24) is 0 Å². The number of rotatable bonds is 0. The molecule has 0 unspecified atom stereocenters. The van der Waals surface area contributed by atoms with Crippen molar-refractivity contribution in [3.8, 4) is 0 Å². The van der Waals surface area contributed by atoms with Crippen LogP contribution in [0.2, 0.25) is 0 Å². The summed E-state index contributed by atoms with van der Waals surface area (Å²) in [7, 11) is -14.5. The molecule has 0 aliphatic rings. The van der Waals surface area contributed by atoms with Crippen molar-refractivity contribution in [2.75, 3.05) is 0 Å². The SMILES string of the molecule is O=[Si]([O-])[O-].O=[Si]([O-])[O-].O=[Si]([O-])[O-].O=[Si]([O-])[O-].[Al+3].[Al+3].[Al+3].[Li+].[Li+].[Li+].[OH-].[OH-].[OH-].[OH-]. The van der Waals surface area contributed by atoms with Gasteiger partial charge in [-0.15, -0.1) is 0 Å². The van der Waals surface area contributed by atoms with Gasteiger partial charge in [-0.05, 0) is 0 Å². The van der Waals surface area contributed by atoms with E-state index in [4.69, 9.17) is 56.2 Å². The summed E-state index contributed by atoms with van der Waals surface area (Å²) >= 11 is 0. The standard InChI is InChI=1S/3Al.3Li.4O3Si.4H2O/c;;;;;;4*1-4(2)3;;;;/h;;;;;;;;;;4*1H2/q3*+3;3*+1;4*-2;;;;/p-4. The first-order chi connectivity index (χ1) is 6.93. The Balaban J connectivity index is -0.00000000545. The monoisotopic (exact) mass is 474 g/mol. The first kappa shape index (κ1) is 105. The molecule has 0 saturated heterocycles. The van der Waals surface area contributed by atoms with Crippen LogP contribution in [0.25, 0.3) is 0 Å². The van der Waals surface area contributed by atoms with Crippen molar-refractivity contribution in [3.63, 3.8) is 0 Å². The van der Waals surface area contributed by atoms with Crippen molar-refractivity contribution >= 4 is 88.8 Å². The van der Waals surface area contributed by atoms with Gasteiger partial charge in [0.15, 0.2) is 0 Å². The van der Waals surface area contributed by atoms with E-state index in [1.54, 1.807) is 0 Å². The zero-order valence-electron chi connectivity index (χ0n) is 13.4. The molecule has 16 nitrogen and oxygen atoms in total. The Morgan fingerprint density at radius 1 is 0.346 bits per heavy atom. The summed E-state index contributed by atoms with van der Waals surface area (Å²) in [6.07, 6.45) is 0. The second kappa shape index (κ2) is 94.0. The summed E-state index contributed by atoms with van der Waals surface area (Å²) < 4.78 is 34.1. The Labute approximate surface area is 221 Å². The van der Waals surface area contributed by atoms with Crippen LogP contribution in [-0.2, 0) is 17.8 Å². The molecule has 0 fully saturated rings. The van der Waals surface area contributed by atoms with Crippen molar-refractivity contribution in [2.45, 2.75) is 0 Å². The van der Waals surface area contributed by atoms with E-state index in [1.807, 2.05) is 0 Å². The smallest absolute Gasteiger partial charge is 0.870 e. The van der Waals surface area contributed by atoms with Gasteiger partial charge in [-0.25, -0.2) is 0 Å². The molecule has 26 heteroatoms. The first-order valence-electron chi connectivity index (χ1n) is 2.45. The minimum absolute atomic E-state index is 0. The van der Waals surface area contributed by atoms with Gasteiger partial charge < -0.3 is 78.1 Å². The summed E-state index contributed by atoms with van der Waals surface area (Å²) in [6.45, 7) is 0. The Morgan fingerprint density at radius 3 is 0.346 bits per heavy atom. The van der Waals surface area contributed by atoms with Crippen LogP contribution in [0.1, 0.15) is 0 Å². The van der Waals surface area contributed by atoms with E-state index < -0.39 is 36.7 Å². The van der Waals surface area contributed by atoms with E-state index in [0.717, 1.165) is 0 Å². The largest absolute Gasteiger partial charge is 3.00 e. The van der Waals surface area contributed by atoms with Crippen LogP contribution < -0.4 is 94.9 Å². The van der Waals surface area contributed by atoms with Gasteiger partial charge >= 0.3 is 109 Å². The molecule has 0 saturated carbocycles. The first-order valence-corrected chi connectivity index (χ1v) is 7.35. The van der Waals surface area contributed by atoms with Gasteiger partial charge in [0.2, 0.25) is 0 Å². The second-order valence-corrected chi connectivity index (χ2v) is 3.00. The summed E-state index contributed by atoms with van der Waals surface area (Å²) in [5.74, 6) is 0. The van der Waals surface area contributed by atoms with Gasteiger partial charge in [0.25, 0.3) is 0 Å². The molecule has 26 heavy (non-hydrogen) atoms. The summed E-state index contributed by atoms with van der Waals surface area (Å²) in [6, 6.07) is 0. The van der Waals surface area contributed by atoms with Gasteiger partial charge in [-0.1, -0.05) is 0 Å². The summed E-state index contributed by atoms with van der Waals surface area (Å²) in [5, 5.41) is 0. The van der Waals surface area contributed by atoms with Crippen LogP contribution in [-0.4, -0.2) is 111 Å². The van der Waals surface area contributed by atoms with Crippen LogP contribution in [0.3, 0.4) is 0 Å². The topological polar surface area (TPSA) is 373 Å². The fourth-order valence-electron chi connectivity index (χ4n) is 0.